The molecule has 1 N–H and O–H groups in total. The predicted octanol–water partition coefficient (Wildman–Crippen LogP) is 4.10. The van der Waals surface area contributed by atoms with E-state index in [0.717, 1.165) is 20.8 Å². The first-order valence-electron chi connectivity index (χ1n) is 3.86. The van der Waals surface area contributed by atoms with Crippen LogP contribution >= 0.6 is 27.5 Å². The fraction of sp³-hybridized carbons (Fsp3) is 0. The molecule has 1 nitrogen and oxygen atoms in total. The summed E-state index contributed by atoms with van der Waals surface area (Å²) in [6.45, 7) is 0. The molecule has 0 atom stereocenters. The van der Waals surface area contributed by atoms with Crippen LogP contribution in [0.3, 0.4) is 0 Å². The smallest absolute Gasteiger partial charge is 0.0899 e. The van der Waals surface area contributed by atoms with Gasteiger partial charge in [-0.05, 0) is 39.7 Å². The second-order valence-corrected chi connectivity index (χ2v) is 3.94. The van der Waals surface area contributed by atoms with Gasteiger partial charge in [-0.1, -0.05) is 23.7 Å². The maximum absolute atomic E-state index is 5.79. The molecule has 0 bridgehead atoms. The summed E-state index contributed by atoms with van der Waals surface area (Å²) in [5.41, 5.74) is 2.30. The van der Waals surface area contributed by atoms with E-state index in [-0.39, 0.29) is 0 Å². The lowest BCUT2D eigenvalue weighted by molar-refractivity contribution is 1.36. The Labute approximate surface area is 89.9 Å². The van der Waals surface area contributed by atoms with Gasteiger partial charge in [0.05, 0.1) is 4.60 Å². The minimum Gasteiger partial charge on any atom is -0.356 e. The molecule has 66 valence electrons. The molecule has 0 radical (unpaired) electrons. The Balaban J connectivity index is 2.47. The van der Waals surface area contributed by atoms with Gasteiger partial charge in [0.25, 0.3) is 0 Å². The van der Waals surface area contributed by atoms with Crippen LogP contribution in [-0.4, -0.2) is 4.98 Å². The highest BCUT2D eigenvalue weighted by molar-refractivity contribution is 9.10. The van der Waals surface area contributed by atoms with Crippen LogP contribution in [0.25, 0.3) is 11.1 Å². The summed E-state index contributed by atoms with van der Waals surface area (Å²) in [6, 6.07) is 9.78. The van der Waals surface area contributed by atoms with Crippen LogP contribution in [-0.2, 0) is 0 Å². The molecular weight excluding hydrogens is 249 g/mol. The molecular formula is C10H7BrClN. The van der Waals surface area contributed by atoms with E-state index < -0.39 is 0 Å². The molecule has 1 aromatic carbocycles. The van der Waals surface area contributed by atoms with Gasteiger partial charge in [0.1, 0.15) is 0 Å². The monoisotopic (exact) mass is 255 g/mol. The molecule has 0 fully saturated rings. The van der Waals surface area contributed by atoms with Crippen LogP contribution in [0.4, 0.5) is 0 Å². The van der Waals surface area contributed by atoms with Crippen molar-refractivity contribution < 1.29 is 0 Å². The topological polar surface area (TPSA) is 15.8 Å². The standard InChI is InChI=1S/C10H7BrClN/c11-10-9(5-6-13-10)7-1-3-8(12)4-2-7/h1-6,13H. The molecule has 3 heteroatoms. The number of H-pyrrole nitrogens is 1. The van der Waals surface area contributed by atoms with E-state index in [1.165, 1.54) is 0 Å². The molecule has 1 aromatic heterocycles. The highest BCUT2D eigenvalue weighted by Gasteiger charge is 2.02. The van der Waals surface area contributed by atoms with Crippen molar-refractivity contribution in [3.63, 3.8) is 0 Å². The maximum Gasteiger partial charge on any atom is 0.0899 e. The fourth-order valence-electron chi connectivity index (χ4n) is 1.20. The van der Waals surface area contributed by atoms with Crippen LogP contribution in [0.15, 0.2) is 41.1 Å². The average molecular weight is 257 g/mol. The summed E-state index contributed by atoms with van der Waals surface area (Å²) in [5, 5.41) is 0.760. The van der Waals surface area contributed by atoms with Crippen molar-refractivity contribution in [3.8, 4) is 11.1 Å². The van der Waals surface area contributed by atoms with Gasteiger partial charge in [-0.15, -0.1) is 0 Å². The first-order chi connectivity index (χ1) is 6.27. The first-order valence-corrected chi connectivity index (χ1v) is 5.03. The normalized spacial score (nSPS) is 10.3. The molecule has 13 heavy (non-hydrogen) atoms. The lowest BCUT2D eigenvalue weighted by Gasteiger charge is -1.98. The van der Waals surface area contributed by atoms with Gasteiger partial charge in [0.15, 0.2) is 0 Å². The van der Waals surface area contributed by atoms with Crippen molar-refractivity contribution in [3.05, 3.63) is 46.2 Å². The van der Waals surface area contributed by atoms with Crippen LogP contribution in [0, 0.1) is 0 Å². The number of aromatic amines is 1. The van der Waals surface area contributed by atoms with E-state index >= 15 is 0 Å². The second-order valence-electron chi connectivity index (χ2n) is 2.71. The zero-order valence-electron chi connectivity index (χ0n) is 6.72. The number of halogens is 2. The van der Waals surface area contributed by atoms with Gasteiger partial charge in [-0.25, -0.2) is 0 Å². The van der Waals surface area contributed by atoms with Gasteiger partial charge >= 0.3 is 0 Å². The fourth-order valence-corrected chi connectivity index (χ4v) is 1.82. The lowest BCUT2D eigenvalue weighted by atomic mass is 10.1. The van der Waals surface area contributed by atoms with Crippen molar-refractivity contribution in [2.24, 2.45) is 0 Å². The minimum atomic E-state index is 0.760. The summed E-state index contributed by atoms with van der Waals surface area (Å²) in [7, 11) is 0. The number of nitrogens with one attached hydrogen (secondary N) is 1. The quantitative estimate of drug-likeness (QED) is 0.791. The highest BCUT2D eigenvalue weighted by Crippen LogP contribution is 2.27. The van der Waals surface area contributed by atoms with E-state index in [0.29, 0.717) is 0 Å². The predicted molar refractivity (Wildman–Crippen MR) is 58.9 cm³/mol. The third-order valence-corrected chi connectivity index (χ3v) is 2.76. The van der Waals surface area contributed by atoms with Gasteiger partial charge < -0.3 is 4.98 Å². The zero-order valence-corrected chi connectivity index (χ0v) is 9.06. The lowest BCUT2D eigenvalue weighted by Crippen LogP contribution is -1.74. The molecule has 0 amide bonds. The van der Waals surface area contributed by atoms with Crippen LogP contribution < -0.4 is 0 Å². The number of hydrogen-bond donors (Lipinski definition) is 1. The maximum atomic E-state index is 5.79. The summed E-state index contributed by atoms with van der Waals surface area (Å²) >= 11 is 9.23. The van der Waals surface area contributed by atoms with Crippen LogP contribution in [0.2, 0.25) is 5.02 Å². The Kier molecular flexibility index (Phi) is 2.42. The number of benzene rings is 1. The van der Waals surface area contributed by atoms with Crippen molar-refractivity contribution in [1.29, 1.82) is 0 Å². The van der Waals surface area contributed by atoms with Crippen molar-refractivity contribution >= 4 is 27.5 Å². The number of hydrogen-bond acceptors (Lipinski definition) is 0. The average Bonchev–Trinajstić information content (AvgIpc) is 2.53. The second kappa shape index (κ2) is 3.56. The van der Waals surface area contributed by atoms with E-state index in [1.807, 2.05) is 36.5 Å². The molecule has 0 saturated carbocycles. The first kappa shape index (κ1) is 8.85. The Morgan fingerprint density at radius 2 is 1.77 bits per heavy atom. The number of rotatable bonds is 1. The molecule has 0 spiro atoms. The third-order valence-electron chi connectivity index (χ3n) is 1.85. The number of aromatic nitrogens is 1. The van der Waals surface area contributed by atoms with E-state index in [9.17, 15) is 0 Å². The van der Waals surface area contributed by atoms with Gasteiger partial charge in [0, 0.05) is 16.8 Å². The Hall–Kier alpha value is -0.730. The van der Waals surface area contributed by atoms with E-state index in [2.05, 4.69) is 20.9 Å². The molecule has 0 aliphatic carbocycles. The zero-order chi connectivity index (χ0) is 9.26. The molecule has 0 aliphatic rings. The van der Waals surface area contributed by atoms with Crippen molar-refractivity contribution in [1.82, 2.24) is 4.98 Å². The summed E-state index contributed by atoms with van der Waals surface area (Å²) in [4.78, 5) is 3.07. The van der Waals surface area contributed by atoms with Gasteiger partial charge in [-0.3, -0.25) is 0 Å². The van der Waals surface area contributed by atoms with E-state index in [1.54, 1.807) is 0 Å². The van der Waals surface area contributed by atoms with E-state index in [4.69, 9.17) is 11.6 Å². The summed E-state index contributed by atoms with van der Waals surface area (Å²) in [6.07, 6.45) is 1.90. The Bertz CT molecular complexity index is 405. The molecule has 2 aromatic rings. The van der Waals surface area contributed by atoms with Crippen LogP contribution in [0.1, 0.15) is 0 Å². The third kappa shape index (κ3) is 1.79. The minimum absolute atomic E-state index is 0.760. The molecule has 0 saturated heterocycles. The highest BCUT2D eigenvalue weighted by atomic mass is 79.9. The molecule has 0 unspecified atom stereocenters. The summed E-state index contributed by atoms with van der Waals surface area (Å²) < 4.78 is 0.995. The van der Waals surface area contributed by atoms with Crippen LogP contribution in [0.5, 0.6) is 0 Å². The molecule has 0 aliphatic heterocycles. The van der Waals surface area contributed by atoms with Crippen molar-refractivity contribution in [2.45, 2.75) is 0 Å². The summed E-state index contributed by atoms with van der Waals surface area (Å²) in [5.74, 6) is 0. The van der Waals surface area contributed by atoms with Gasteiger partial charge in [0.2, 0.25) is 0 Å². The Morgan fingerprint density at radius 3 is 2.31 bits per heavy atom. The van der Waals surface area contributed by atoms with Gasteiger partial charge in [-0.2, -0.15) is 0 Å². The molecule has 2 rings (SSSR count). The van der Waals surface area contributed by atoms with Crippen molar-refractivity contribution in [2.75, 3.05) is 0 Å². The SMILES string of the molecule is Clc1ccc(-c2cc[nH]c2Br)cc1. The molecule has 1 heterocycles. The Morgan fingerprint density at radius 1 is 1.08 bits per heavy atom. The largest absolute Gasteiger partial charge is 0.356 e.